The minimum absolute atomic E-state index is 0.194. The van der Waals surface area contributed by atoms with Crippen molar-refractivity contribution < 1.29 is 8.78 Å². The molecule has 2 rings (SSSR count). The van der Waals surface area contributed by atoms with Crippen molar-refractivity contribution in [3.63, 3.8) is 0 Å². The summed E-state index contributed by atoms with van der Waals surface area (Å²) in [5.41, 5.74) is 5.48. The minimum Gasteiger partial charge on any atom is -0.381 e. The minimum atomic E-state index is -0.794. The Balaban J connectivity index is 2.33. The molecule has 106 valence electrons. The lowest BCUT2D eigenvalue weighted by atomic mass is 10.1. The number of hydrogen-bond donors (Lipinski definition) is 1. The van der Waals surface area contributed by atoms with Gasteiger partial charge in [-0.1, -0.05) is 26.7 Å². The quantitative estimate of drug-likeness (QED) is 0.911. The average molecular weight is 269 g/mol. The molecule has 0 amide bonds. The second kappa shape index (κ2) is 5.72. The molecule has 0 aromatic carbocycles. The second-order valence-electron chi connectivity index (χ2n) is 5.65. The molecule has 1 aromatic heterocycles. The number of nitrogens with zero attached hydrogens (tertiary/aromatic N) is 2. The van der Waals surface area contributed by atoms with Gasteiger partial charge < -0.3 is 10.6 Å². The smallest absolute Gasteiger partial charge is 0.168 e. The van der Waals surface area contributed by atoms with Gasteiger partial charge in [0, 0.05) is 18.7 Å². The van der Waals surface area contributed by atoms with E-state index in [4.69, 9.17) is 5.73 Å². The Labute approximate surface area is 112 Å². The van der Waals surface area contributed by atoms with E-state index in [-0.39, 0.29) is 17.7 Å². The third-order valence-electron chi connectivity index (χ3n) is 3.54. The molecule has 1 heterocycles. The topological polar surface area (TPSA) is 42.2 Å². The van der Waals surface area contributed by atoms with Gasteiger partial charge in [0.2, 0.25) is 0 Å². The third-order valence-corrected chi connectivity index (χ3v) is 3.54. The summed E-state index contributed by atoms with van der Waals surface area (Å²) in [6, 6.07) is 1.12. The van der Waals surface area contributed by atoms with E-state index in [2.05, 4.69) is 18.8 Å². The van der Waals surface area contributed by atoms with E-state index < -0.39 is 11.6 Å². The molecule has 1 aromatic rings. The number of anilines is 2. The van der Waals surface area contributed by atoms with Crippen LogP contribution in [0.2, 0.25) is 0 Å². The summed E-state index contributed by atoms with van der Waals surface area (Å²) in [6.07, 6.45) is 4.37. The van der Waals surface area contributed by atoms with Gasteiger partial charge in [-0.15, -0.1) is 0 Å². The van der Waals surface area contributed by atoms with Crippen molar-refractivity contribution in [2.24, 2.45) is 5.92 Å². The lowest BCUT2D eigenvalue weighted by Gasteiger charge is -2.32. The molecule has 0 atom stereocenters. The van der Waals surface area contributed by atoms with E-state index in [1.165, 1.54) is 0 Å². The first-order valence-electron chi connectivity index (χ1n) is 6.87. The van der Waals surface area contributed by atoms with E-state index in [1.807, 2.05) is 4.90 Å². The number of rotatable bonds is 4. The number of aromatic nitrogens is 1. The first kappa shape index (κ1) is 14.0. The number of halogens is 2. The van der Waals surface area contributed by atoms with Gasteiger partial charge in [0.25, 0.3) is 0 Å². The second-order valence-corrected chi connectivity index (χ2v) is 5.65. The van der Waals surface area contributed by atoms with Crippen molar-refractivity contribution in [2.45, 2.75) is 45.6 Å². The predicted octanol–water partition coefficient (Wildman–Crippen LogP) is 3.35. The zero-order valence-electron chi connectivity index (χ0n) is 11.5. The van der Waals surface area contributed by atoms with Crippen LogP contribution in [-0.2, 0) is 0 Å². The maximum absolute atomic E-state index is 14.0. The Bertz CT molecular complexity index is 443. The normalized spacial score (nSPS) is 16.3. The van der Waals surface area contributed by atoms with Gasteiger partial charge in [0.05, 0.1) is 0 Å². The largest absolute Gasteiger partial charge is 0.381 e. The Kier molecular flexibility index (Phi) is 4.22. The SMILES string of the molecule is CC(C)CN(c1nc(N)c(F)cc1F)C1CCCC1. The van der Waals surface area contributed by atoms with Gasteiger partial charge in [0.1, 0.15) is 0 Å². The molecule has 0 unspecified atom stereocenters. The highest BCUT2D eigenvalue weighted by atomic mass is 19.1. The molecule has 1 aliphatic rings. The van der Waals surface area contributed by atoms with Crippen LogP contribution < -0.4 is 10.6 Å². The highest BCUT2D eigenvalue weighted by molar-refractivity contribution is 5.48. The van der Waals surface area contributed by atoms with E-state index in [0.717, 1.165) is 31.7 Å². The average Bonchev–Trinajstić information content (AvgIpc) is 2.84. The summed E-state index contributed by atoms with van der Waals surface area (Å²) >= 11 is 0. The van der Waals surface area contributed by atoms with Crippen molar-refractivity contribution in [3.05, 3.63) is 17.7 Å². The van der Waals surface area contributed by atoms with Crippen molar-refractivity contribution >= 4 is 11.6 Å². The van der Waals surface area contributed by atoms with Gasteiger partial charge in [-0.25, -0.2) is 13.8 Å². The molecular formula is C14H21F2N3. The Morgan fingerprint density at radius 2 is 1.95 bits per heavy atom. The van der Waals surface area contributed by atoms with Gasteiger partial charge in [0.15, 0.2) is 23.3 Å². The van der Waals surface area contributed by atoms with E-state index >= 15 is 0 Å². The molecule has 0 spiro atoms. The molecule has 1 aliphatic carbocycles. The van der Waals surface area contributed by atoms with Crippen LogP contribution >= 0.6 is 0 Å². The van der Waals surface area contributed by atoms with Gasteiger partial charge in [-0.2, -0.15) is 0 Å². The number of hydrogen-bond acceptors (Lipinski definition) is 3. The molecule has 0 aliphatic heterocycles. The lowest BCUT2D eigenvalue weighted by Crippen LogP contribution is -2.37. The third kappa shape index (κ3) is 3.14. The van der Waals surface area contributed by atoms with Crippen molar-refractivity contribution in [2.75, 3.05) is 17.2 Å². The van der Waals surface area contributed by atoms with Gasteiger partial charge in [-0.3, -0.25) is 0 Å². The number of pyridine rings is 1. The Morgan fingerprint density at radius 3 is 2.53 bits per heavy atom. The van der Waals surface area contributed by atoms with Gasteiger partial charge in [-0.05, 0) is 18.8 Å². The van der Waals surface area contributed by atoms with Crippen LogP contribution in [0.15, 0.2) is 6.07 Å². The van der Waals surface area contributed by atoms with Crippen molar-refractivity contribution in [1.29, 1.82) is 0 Å². The first-order valence-corrected chi connectivity index (χ1v) is 6.87. The predicted molar refractivity (Wildman–Crippen MR) is 73.0 cm³/mol. The maximum Gasteiger partial charge on any atom is 0.168 e. The zero-order chi connectivity index (χ0) is 14.0. The molecule has 19 heavy (non-hydrogen) atoms. The monoisotopic (exact) mass is 269 g/mol. The first-order chi connectivity index (χ1) is 8.99. The van der Waals surface area contributed by atoms with Crippen LogP contribution in [0, 0.1) is 17.6 Å². The summed E-state index contributed by atoms with van der Waals surface area (Å²) in [6.45, 7) is 4.86. The molecule has 0 radical (unpaired) electrons. The number of nitrogen functional groups attached to an aromatic ring is 1. The zero-order valence-corrected chi connectivity index (χ0v) is 11.5. The summed E-state index contributed by atoms with van der Waals surface area (Å²) < 4.78 is 27.2. The fourth-order valence-electron chi connectivity index (χ4n) is 2.69. The fraction of sp³-hybridized carbons (Fsp3) is 0.643. The fourth-order valence-corrected chi connectivity index (χ4v) is 2.69. The van der Waals surface area contributed by atoms with Crippen LogP contribution in [0.25, 0.3) is 0 Å². The molecule has 3 nitrogen and oxygen atoms in total. The summed E-state index contributed by atoms with van der Waals surface area (Å²) in [4.78, 5) is 5.89. The summed E-state index contributed by atoms with van der Waals surface area (Å²) in [5, 5.41) is 0. The maximum atomic E-state index is 14.0. The highest BCUT2D eigenvalue weighted by Crippen LogP contribution is 2.30. The van der Waals surface area contributed by atoms with Crippen molar-refractivity contribution in [3.8, 4) is 0 Å². The summed E-state index contributed by atoms with van der Waals surface area (Å²) in [7, 11) is 0. The van der Waals surface area contributed by atoms with Crippen LogP contribution in [0.1, 0.15) is 39.5 Å². The Morgan fingerprint density at radius 1 is 1.32 bits per heavy atom. The van der Waals surface area contributed by atoms with Crippen LogP contribution in [-0.4, -0.2) is 17.6 Å². The van der Waals surface area contributed by atoms with E-state index in [9.17, 15) is 8.78 Å². The van der Waals surface area contributed by atoms with Crippen LogP contribution in [0.4, 0.5) is 20.4 Å². The van der Waals surface area contributed by atoms with Crippen molar-refractivity contribution in [1.82, 2.24) is 4.98 Å². The molecule has 0 saturated heterocycles. The molecule has 1 fully saturated rings. The van der Waals surface area contributed by atoms with E-state index in [1.54, 1.807) is 0 Å². The molecule has 2 N–H and O–H groups in total. The highest BCUT2D eigenvalue weighted by Gasteiger charge is 2.27. The molecule has 5 heteroatoms. The molecular weight excluding hydrogens is 248 g/mol. The Hall–Kier alpha value is -1.39. The van der Waals surface area contributed by atoms with E-state index in [0.29, 0.717) is 12.5 Å². The van der Waals surface area contributed by atoms with Gasteiger partial charge >= 0.3 is 0 Å². The number of nitrogens with two attached hydrogens (primary N) is 1. The van der Waals surface area contributed by atoms with Crippen LogP contribution in [0.3, 0.4) is 0 Å². The lowest BCUT2D eigenvalue weighted by molar-refractivity contribution is 0.508. The molecule has 1 saturated carbocycles. The van der Waals surface area contributed by atoms with Crippen LogP contribution in [0.5, 0.6) is 0 Å². The standard InChI is InChI=1S/C14H21F2N3/c1-9(2)8-19(10-5-3-4-6-10)14-12(16)7-11(15)13(17)18-14/h7,9-10H,3-6,8H2,1-2H3,(H2,17,18). The summed E-state index contributed by atoms with van der Waals surface area (Å²) in [5.74, 6) is -1.08. The molecule has 0 bridgehead atoms.